The van der Waals surface area contributed by atoms with Gasteiger partial charge in [0.2, 0.25) is 0 Å². The first-order valence-corrected chi connectivity index (χ1v) is 13.1. The number of anilines is 1. The Morgan fingerprint density at radius 1 is 1.15 bits per heavy atom. The normalized spacial score (nSPS) is 17.4. The number of allylic oxidation sites excluding steroid dienone is 1. The van der Waals surface area contributed by atoms with Crippen molar-refractivity contribution in [2.24, 2.45) is 4.99 Å². The second kappa shape index (κ2) is 10.4. The monoisotopic (exact) mass is 545 g/mol. The van der Waals surface area contributed by atoms with Crippen LogP contribution in [-0.4, -0.2) is 43.8 Å². The van der Waals surface area contributed by atoms with E-state index in [1.165, 1.54) is 18.8 Å². The van der Waals surface area contributed by atoms with Gasteiger partial charge in [-0.1, -0.05) is 35.6 Å². The van der Waals surface area contributed by atoms with Gasteiger partial charge < -0.3 is 19.1 Å². The minimum Gasteiger partial charge on any atom is -0.497 e. The van der Waals surface area contributed by atoms with E-state index in [1.54, 1.807) is 43.0 Å². The predicted octanol–water partition coefficient (Wildman–Crippen LogP) is 2.72. The molecule has 10 heteroatoms. The highest BCUT2D eigenvalue weighted by molar-refractivity contribution is 7.07. The third-order valence-electron chi connectivity index (χ3n) is 6.69. The van der Waals surface area contributed by atoms with Crippen LogP contribution < -0.4 is 29.3 Å². The van der Waals surface area contributed by atoms with Crippen molar-refractivity contribution in [1.29, 1.82) is 0 Å². The van der Waals surface area contributed by atoms with Crippen LogP contribution in [0.4, 0.5) is 5.69 Å². The predicted molar refractivity (Wildman–Crippen MR) is 148 cm³/mol. The van der Waals surface area contributed by atoms with Gasteiger partial charge in [0.1, 0.15) is 22.1 Å². The number of rotatable bonds is 7. The number of carbonyl (C=O) groups is 2. The number of aromatic nitrogens is 1. The number of amides is 1. The molecule has 5 rings (SSSR count). The fourth-order valence-corrected chi connectivity index (χ4v) is 6.14. The van der Waals surface area contributed by atoms with Crippen LogP contribution in [0.2, 0.25) is 0 Å². The number of fused-ring (bicyclic) bond motifs is 2. The summed E-state index contributed by atoms with van der Waals surface area (Å²) in [6.45, 7) is 7.63. The molecule has 0 saturated heterocycles. The third-order valence-corrected chi connectivity index (χ3v) is 7.74. The number of methoxy groups -OCH3 is 2. The van der Waals surface area contributed by atoms with E-state index in [9.17, 15) is 14.4 Å². The Hall–Kier alpha value is -4.44. The van der Waals surface area contributed by atoms with Crippen LogP contribution >= 0.6 is 11.3 Å². The molecule has 1 amide bonds. The molecule has 39 heavy (non-hydrogen) atoms. The van der Waals surface area contributed by atoms with Crippen LogP contribution in [0.3, 0.4) is 0 Å². The molecule has 0 aliphatic carbocycles. The van der Waals surface area contributed by atoms with E-state index in [1.807, 2.05) is 24.3 Å². The van der Waals surface area contributed by atoms with Gasteiger partial charge >= 0.3 is 5.97 Å². The highest BCUT2D eigenvalue weighted by atomic mass is 32.1. The van der Waals surface area contributed by atoms with Gasteiger partial charge in [-0.05, 0) is 38.1 Å². The van der Waals surface area contributed by atoms with E-state index in [4.69, 9.17) is 14.2 Å². The molecular formula is C29H27N3O6S. The zero-order chi connectivity index (χ0) is 27.8. The van der Waals surface area contributed by atoms with E-state index in [0.29, 0.717) is 50.9 Å². The van der Waals surface area contributed by atoms with E-state index in [0.717, 1.165) is 11.3 Å². The van der Waals surface area contributed by atoms with Crippen LogP contribution in [0, 0.1) is 0 Å². The molecule has 0 fully saturated rings. The lowest BCUT2D eigenvalue weighted by Gasteiger charge is -2.26. The molecular weight excluding hydrogens is 518 g/mol. The molecule has 0 N–H and O–H groups in total. The first-order chi connectivity index (χ1) is 18.9. The Morgan fingerprint density at radius 3 is 2.62 bits per heavy atom. The summed E-state index contributed by atoms with van der Waals surface area (Å²) in [5, 5.41) is 0. The molecule has 1 aromatic heterocycles. The van der Waals surface area contributed by atoms with Gasteiger partial charge in [0.05, 0.1) is 43.4 Å². The first-order valence-electron chi connectivity index (χ1n) is 12.3. The van der Waals surface area contributed by atoms with Crippen molar-refractivity contribution in [3.8, 4) is 11.5 Å². The molecule has 0 bridgehead atoms. The van der Waals surface area contributed by atoms with Crippen molar-refractivity contribution >= 4 is 34.5 Å². The molecule has 2 aromatic carbocycles. The summed E-state index contributed by atoms with van der Waals surface area (Å²) < 4.78 is 18.2. The summed E-state index contributed by atoms with van der Waals surface area (Å²) in [5.41, 5.74) is 2.36. The molecule has 0 saturated carbocycles. The summed E-state index contributed by atoms with van der Waals surface area (Å²) in [5.74, 6) is 0.0905. The van der Waals surface area contributed by atoms with Gasteiger partial charge in [0.15, 0.2) is 4.80 Å². The highest BCUT2D eigenvalue weighted by Gasteiger charge is 2.38. The van der Waals surface area contributed by atoms with Gasteiger partial charge in [0, 0.05) is 17.7 Å². The number of hydrogen-bond donors (Lipinski definition) is 0. The highest BCUT2D eigenvalue weighted by Crippen LogP contribution is 2.38. The number of carbonyl (C=O) groups excluding carboxylic acids is 2. The largest absolute Gasteiger partial charge is 0.497 e. The second-order valence-electron chi connectivity index (χ2n) is 8.83. The van der Waals surface area contributed by atoms with Gasteiger partial charge in [-0.3, -0.25) is 14.2 Å². The number of esters is 1. The van der Waals surface area contributed by atoms with Crippen LogP contribution in [0.5, 0.6) is 11.5 Å². The maximum absolute atomic E-state index is 14.2. The van der Waals surface area contributed by atoms with E-state index >= 15 is 0 Å². The topological polar surface area (TPSA) is 99.4 Å². The van der Waals surface area contributed by atoms with E-state index in [-0.39, 0.29) is 22.6 Å². The molecule has 200 valence electrons. The standard InChI is InChI=1S/C29H27N3O6S/c1-6-14-31-20-11-9-8-10-18(20)23(26(31)33)25-27(34)32-24(19-15-17(36-4)12-13-21(19)37-5)22(28(35)38-7-2)16(3)30-29(32)39-25/h6,8-13,15,24H,1,7,14H2,2-5H3/b25-23+/t24-/m0/s1. The number of benzene rings is 2. The van der Waals surface area contributed by atoms with Gasteiger partial charge in [0.25, 0.3) is 11.5 Å². The van der Waals surface area contributed by atoms with Crippen molar-refractivity contribution in [2.45, 2.75) is 19.9 Å². The Balaban J connectivity index is 1.86. The number of para-hydroxylation sites is 1. The maximum Gasteiger partial charge on any atom is 0.338 e. The average molecular weight is 546 g/mol. The summed E-state index contributed by atoms with van der Waals surface area (Å²) in [6, 6.07) is 11.6. The van der Waals surface area contributed by atoms with Crippen molar-refractivity contribution in [1.82, 2.24) is 4.57 Å². The summed E-state index contributed by atoms with van der Waals surface area (Å²) in [4.78, 5) is 47.7. The fraction of sp³-hybridized carbons (Fsp3) is 0.241. The van der Waals surface area contributed by atoms with Crippen LogP contribution in [0.1, 0.15) is 31.0 Å². The fourth-order valence-electron chi connectivity index (χ4n) is 5.00. The van der Waals surface area contributed by atoms with Crippen LogP contribution in [-0.2, 0) is 14.3 Å². The van der Waals surface area contributed by atoms with E-state index in [2.05, 4.69) is 11.6 Å². The molecule has 2 aliphatic heterocycles. The Labute approximate surface area is 228 Å². The van der Waals surface area contributed by atoms with Gasteiger partial charge in [-0.25, -0.2) is 9.79 Å². The quantitative estimate of drug-likeness (QED) is 0.335. The van der Waals surface area contributed by atoms with Crippen LogP contribution in [0.25, 0.3) is 5.57 Å². The molecule has 3 aromatic rings. The zero-order valence-corrected chi connectivity index (χ0v) is 22.8. The Bertz CT molecular complexity index is 1730. The molecule has 3 heterocycles. The maximum atomic E-state index is 14.2. The Kier molecular flexibility index (Phi) is 6.96. The minimum absolute atomic E-state index is 0.149. The molecule has 1 atom stereocenters. The van der Waals surface area contributed by atoms with Gasteiger partial charge in [-0.15, -0.1) is 6.58 Å². The smallest absolute Gasteiger partial charge is 0.338 e. The van der Waals surface area contributed by atoms with Crippen molar-refractivity contribution in [2.75, 3.05) is 32.3 Å². The summed E-state index contributed by atoms with van der Waals surface area (Å²) >= 11 is 1.11. The molecule has 2 aliphatic rings. The lowest BCUT2D eigenvalue weighted by atomic mass is 9.94. The van der Waals surface area contributed by atoms with Crippen molar-refractivity contribution in [3.05, 3.63) is 97.2 Å². The minimum atomic E-state index is -0.921. The van der Waals surface area contributed by atoms with Gasteiger partial charge in [-0.2, -0.15) is 0 Å². The van der Waals surface area contributed by atoms with Crippen LogP contribution in [0.15, 0.2) is 76.2 Å². The number of nitrogens with zero attached hydrogens (tertiary/aromatic N) is 3. The summed E-state index contributed by atoms with van der Waals surface area (Å²) in [7, 11) is 3.05. The van der Waals surface area contributed by atoms with Crippen molar-refractivity contribution < 1.29 is 23.8 Å². The lowest BCUT2D eigenvalue weighted by Crippen LogP contribution is -2.41. The van der Waals surface area contributed by atoms with Crippen molar-refractivity contribution in [3.63, 3.8) is 0 Å². The molecule has 0 unspecified atom stereocenters. The SMILES string of the molecule is C=CCN1C(=O)/C(=c2/sc3n(c2=O)[C@@H](c2cc(OC)ccc2OC)C(C(=O)OCC)=C(C)N=3)c2ccccc21. The summed E-state index contributed by atoms with van der Waals surface area (Å²) in [6.07, 6.45) is 1.64. The third kappa shape index (κ3) is 4.17. The molecule has 9 nitrogen and oxygen atoms in total. The Morgan fingerprint density at radius 2 is 1.92 bits per heavy atom. The van der Waals surface area contributed by atoms with E-state index < -0.39 is 17.6 Å². The number of ether oxygens (including phenoxy) is 3. The molecule has 0 spiro atoms. The number of thiazole rings is 1. The first kappa shape index (κ1) is 26.2. The average Bonchev–Trinajstić information content (AvgIpc) is 3.40. The zero-order valence-electron chi connectivity index (χ0n) is 22.0. The lowest BCUT2D eigenvalue weighted by molar-refractivity contribution is -0.139. The number of hydrogen-bond acceptors (Lipinski definition) is 8. The molecule has 0 radical (unpaired) electrons. The second-order valence-corrected chi connectivity index (χ2v) is 9.80.